The number of sulfonamides is 1. The molecule has 0 aromatic heterocycles. The van der Waals surface area contributed by atoms with Crippen molar-refractivity contribution in [1.29, 1.82) is 0 Å². The Hall–Kier alpha value is -1.50. The van der Waals surface area contributed by atoms with E-state index in [1.54, 1.807) is 24.3 Å². The third kappa shape index (κ3) is 1.57. The number of hydrogen-bond acceptors (Lipinski definition) is 4. The van der Waals surface area contributed by atoms with Gasteiger partial charge in [0.25, 0.3) is 0 Å². The molecule has 0 unspecified atom stereocenters. The Morgan fingerprint density at radius 3 is 2.67 bits per heavy atom. The van der Waals surface area contributed by atoms with Gasteiger partial charge in [-0.25, -0.2) is 8.42 Å². The minimum absolute atomic E-state index is 0.0222. The summed E-state index contributed by atoms with van der Waals surface area (Å²) in [5.41, 5.74) is 0.354. The van der Waals surface area contributed by atoms with E-state index in [1.807, 2.05) is 19.1 Å². The third-order valence-electron chi connectivity index (χ3n) is 6.32. The summed E-state index contributed by atoms with van der Waals surface area (Å²) in [6.07, 6.45) is 5.30. The van der Waals surface area contributed by atoms with Crippen LogP contribution in [0.5, 0.6) is 0 Å². The van der Waals surface area contributed by atoms with Gasteiger partial charge in [0.1, 0.15) is 0 Å². The highest BCUT2D eigenvalue weighted by atomic mass is 32.2. The number of ketones is 1. The molecule has 6 heteroatoms. The molecule has 3 heterocycles. The van der Waals surface area contributed by atoms with Crippen LogP contribution in [0, 0.1) is 18.3 Å². The predicted octanol–water partition coefficient (Wildman–Crippen LogP) is 1.67. The molecule has 5 nitrogen and oxygen atoms in total. The average molecular weight is 345 g/mol. The Labute approximate surface area is 141 Å². The molecule has 3 aliphatic heterocycles. The number of aryl methyl sites for hydroxylation is 1. The third-order valence-corrected chi connectivity index (χ3v) is 8.19. The van der Waals surface area contributed by atoms with Crippen molar-refractivity contribution >= 4 is 15.8 Å². The maximum absolute atomic E-state index is 13.1. The Morgan fingerprint density at radius 2 is 1.92 bits per heavy atom. The zero-order valence-electron chi connectivity index (χ0n) is 13.4. The van der Waals surface area contributed by atoms with E-state index in [0.29, 0.717) is 0 Å². The molecule has 1 aromatic rings. The summed E-state index contributed by atoms with van der Waals surface area (Å²) >= 11 is 0. The van der Waals surface area contributed by atoms with Crippen LogP contribution in [0.1, 0.15) is 18.4 Å². The number of ether oxygens (including phenoxy) is 1. The Bertz CT molecular complexity index is 860. The van der Waals surface area contributed by atoms with Crippen molar-refractivity contribution in [3.8, 4) is 0 Å². The molecule has 1 saturated carbocycles. The van der Waals surface area contributed by atoms with E-state index in [2.05, 4.69) is 0 Å². The van der Waals surface area contributed by atoms with Crippen molar-refractivity contribution in [2.45, 2.75) is 42.9 Å². The van der Waals surface area contributed by atoms with Gasteiger partial charge in [-0.1, -0.05) is 29.8 Å². The maximum atomic E-state index is 13.1. The van der Waals surface area contributed by atoms with Crippen LogP contribution < -0.4 is 0 Å². The molecule has 1 aromatic carbocycles. The van der Waals surface area contributed by atoms with E-state index in [9.17, 15) is 13.2 Å². The summed E-state index contributed by atoms with van der Waals surface area (Å²) in [6.45, 7) is 1.89. The van der Waals surface area contributed by atoms with Crippen LogP contribution in [0.15, 0.2) is 41.3 Å². The SMILES string of the molecule is Cc1ccc(S(=O)(=O)N2CC(=O)[C@@]34[C@H]5C=C[C@H](O5)[C@@H]3CC[C@@H]24)cc1. The van der Waals surface area contributed by atoms with Gasteiger partial charge in [-0.2, -0.15) is 4.31 Å². The van der Waals surface area contributed by atoms with Crippen molar-refractivity contribution in [3.05, 3.63) is 42.0 Å². The first-order valence-electron chi connectivity index (χ1n) is 8.41. The van der Waals surface area contributed by atoms with Crippen molar-refractivity contribution in [3.63, 3.8) is 0 Å². The van der Waals surface area contributed by atoms with Crippen molar-refractivity contribution < 1.29 is 17.9 Å². The summed E-state index contributed by atoms with van der Waals surface area (Å²) < 4.78 is 33.7. The van der Waals surface area contributed by atoms with E-state index in [4.69, 9.17) is 4.74 Å². The molecule has 4 aliphatic rings. The van der Waals surface area contributed by atoms with Gasteiger partial charge in [-0.15, -0.1) is 0 Å². The van der Waals surface area contributed by atoms with E-state index >= 15 is 0 Å². The molecule has 0 N–H and O–H groups in total. The molecule has 3 fully saturated rings. The van der Waals surface area contributed by atoms with Crippen LogP contribution in [-0.4, -0.2) is 43.3 Å². The number of benzene rings is 1. The molecule has 126 valence electrons. The van der Waals surface area contributed by atoms with Crippen LogP contribution in [0.25, 0.3) is 0 Å². The molecular formula is C18H19NO4S. The number of fused-ring (bicyclic) bond motifs is 3. The fourth-order valence-corrected chi connectivity index (χ4v) is 6.94. The van der Waals surface area contributed by atoms with Gasteiger partial charge in [-0.3, -0.25) is 4.79 Å². The highest BCUT2D eigenvalue weighted by Crippen LogP contribution is 2.62. The minimum atomic E-state index is -3.67. The molecule has 5 rings (SSSR count). The van der Waals surface area contributed by atoms with Gasteiger partial charge in [0.05, 0.1) is 29.1 Å². The topological polar surface area (TPSA) is 63.7 Å². The lowest BCUT2D eigenvalue weighted by molar-refractivity contribution is -0.127. The van der Waals surface area contributed by atoms with Gasteiger partial charge in [0.15, 0.2) is 5.78 Å². The standard InChI is InChI=1S/C18H19NO4S/c1-11-2-4-12(5-3-11)24(21,22)19-10-16(20)18-13(6-8-15(18)19)14-7-9-17(18)23-14/h2-5,7,9,13-15,17H,6,8,10H2,1H3/t13-,14-,15+,17+,18+/m0/s1. The molecule has 2 bridgehead atoms. The molecule has 2 saturated heterocycles. The van der Waals surface area contributed by atoms with Gasteiger partial charge in [0, 0.05) is 12.0 Å². The van der Waals surface area contributed by atoms with E-state index < -0.39 is 15.4 Å². The second-order valence-electron chi connectivity index (χ2n) is 7.33. The Morgan fingerprint density at radius 1 is 1.17 bits per heavy atom. The minimum Gasteiger partial charge on any atom is -0.365 e. The molecule has 24 heavy (non-hydrogen) atoms. The zero-order chi connectivity index (χ0) is 16.7. The van der Waals surface area contributed by atoms with Crippen molar-refractivity contribution in [2.24, 2.45) is 11.3 Å². The summed E-state index contributed by atoms with van der Waals surface area (Å²) in [6, 6.07) is 6.57. The smallest absolute Gasteiger partial charge is 0.243 e. The van der Waals surface area contributed by atoms with Gasteiger partial charge < -0.3 is 4.74 Å². The summed E-state index contributed by atoms with van der Waals surface area (Å²) in [4.78, 5) is 13.2. The highest BCUT2D eigenvalue weighted by Gasteiger charge is 2.73. The van der Waals surface area contributed by atoms with Crippen LogP contribution in [0.2, 0.25) is 0 Å². The molecule has 1 aliphatic carbocycles. The predicted molar refractivity (Wildman–Crippen MR) is 86.8 cm³/mol. The Kier molecular flexibility index (Phi) is 2.82. The van der Waals surface area contributed by atoms with Crippen LogP contribution >= 0.6 is 0 Å². The zero-order valence-corrected chi connectivity index (χ0v) is 14.2. The van der Waals surface area contributed by atoms with Gasteiger partial charge in [0.2, 0.25) is 10.0 Å². The first-order chi connectivity index (χ1) is 11.5. The fourth-order valence-electron chi connectivity index (χ4n) is 5.29. The van der Waals surface area contributed by atoms with Crippen LogP contribution in [-0.2, 0) is 19.6 Å². The van der Waals surface area contributed by atoms with Crippen LogP contribution in [0.4, 0.5) is 0 Å². The van der Waals surface area contributed by atoms with Crippen molar-refractivity contribution in [2.75, 3.05) is 6.54 Å². The number of nitrogens with zero attached hydrogens (tertiary/aromatic N) is 1. The fraction of sp³-hybridized carbons (Fsp3) is 0.500. The van der Waals surface area contributed by atoms with Crippen LogP contribution in [0.3, 0.4) is 0 Å². The number of Topliss-reactive ketones (excluding diaryl/α,β-unsaturated/α-hetero) is 1. The maximum Gasteiger partial charge on any atom is 0.243 e. The first-order valence-corrected chi connectivity index (χ1v) is 9.85. The first kappa shape index (κ1) is 14.8. The van der Waals surface area contributed by atoms with Gasteiger partial charge >= 0.3 is 0 Å². The highest BCUT2D eigenvalue weighted by molar-refractivity contribution is 7.89. The molecular weight excluding hydrogens is 326 g/mol. The number of hydrogen-bond donors (Lipinski definition) is 0. The lowest BCUT2D eigenvalue weighted by Gasteiger charge is -2.33. The molecule has 5 atom stereocenters. The summed E-state index contributed by atoms with van der Waals surface area (Å²) in [5.74, 6) is 0.158. The van der Waals surface area contributed by atoms with E-state index in [0.717, 1.165) is 18.4 Å². The van der Waals surface area contributed by atoms with Gasteiger partial charge in [-0.05, 0) is 31.9 Å². The summed E-state index contributed by atoms with van der Waals surface area (Å²) in [7, 11) is -3.67. The average Bonchev–Trinajstić information content (AvgIpc) is 3.27. The number of rotatable bonds is 2. The second-order valence-corrected chi connectivity index (χ2v) is 9.22. The largest absolute Gasteiger partial charge is 0.365 e. The summed E-state index contributed by atoms with van der Waals surface area (Å²) in [5, 5.41) is 0. The second kappa shape index (κ2) is 4.56. The van der Waals surface area contributed by atoms with Crippen molar-refractivity contribution in [1.82, 2.24) is 4.31 Å². The molecule has 1 spiro atoms. The van der Waals surface area contributed by atoms with E-state index in [1.165, 1.54) is 4.31 Å². The number of carbonyl (C=O) groups is 1. The normalized spacial score (nSPS) is 40.3. The monoisotopic (exact) mass is 345 g/mol. The quantitative estimate of drug-likeness (QED) is 0.765. The van der Waals surface area contributed by atoms with E-state index in [-0.39, 0.29) is 41.4 Å². The number of carbonyl (C=O) groups excluding carboxylic acids is 1. The lowest BCUT2D eigenvalue weighted by atomic mass is 9.68. The molecule has 0 amide bonds. The lowest BCUT2D eigenvalue weighted by Crippen LogP contribution is -2.47. The Balaban J connectivity index is 1.59. The molecule has 0 radical (unpaired) electrons.